The van der Waals surface area contributed by atoms with Gasteiger partial charge in [0.25, 0.3) is 0 Å². The summed E-state index contributed by atoms with van der Waals surface area (Å²) in [4.78, 5) is -0.553. The van der Waals surface area contributed by atoms with Gasteiger partial charge in [-0.25, -0.2) is 0 Å². The Morgan fingerprint density at radius 3 is 1.83 bits per heavy atom. The fraction of sp³-hybridized carbons (Fsp3) is 0.143. The fourth-order valence-electron chi connectivity index (χ4n) is 0.738. The van der Waals surface area contributed by atoms with Crippen LogP contribution in [0.15, 0.2) is 35.2 Å². The van der Waals surface area contributed by atoms with E-state index in [4.69, 9.17) is 0 Å². The molecule has 11 heteroatoms. The van der Waals surface area contributed by atoms with Crippen LogP contribution in [0.3, 0.4) is 0 Å². The van der Waals surface area contributed by atoms with E-state index in [2.05, 4.69) is 8.67 Å². The van der Waals surface area contributed by atoms with Crippen molar-refractivity contribution in [2.45, 2.75) is 10.4 Å². The third-order valence-corrected chi connectivity index (χ3v) is 3.52. The van der Waals surface area contributed by atoms with E-state index in [-0.39, 0.29) is 0 Å². The zero-order valence-corrected chi connectivity index (χ0v) is 9.92. The Labute approximate surface area is 100 Å². The molecule has 18 heavy (non-hydrogen) atoms. The van der Waals surface area contributed by atoms with E-state index in [0.717, 1.165) is 12.1 Å². The molecule has 0 aliphatic carbocycles. The van der Waals surface area contributed by atoms with E-state index in [1.54, 1.807) is 0 Å². The molecule has 0 bridgehead atoms. The Hall–Kier alpha value is -1.17. The lowest BCUT2D eigenvalue weighted by atomic mass is 10.4. The number of rotatable bonds is 4. The van der Waals surface area contributed by atoms with Gasteiger partial charge in [-0.3, -0.25) is 0 Å². The first-order chi connectivity index (χ1) is 8.06. The van der Waals surface area contributed by atoms with Crippen LogP contribution in [0, 0.1) is 0 Å². The lowest BCUT2D eigenvalue weighted by Gasteiger charge is -2.07. The van der Waals surface area contributed by atoms with E-state index in [1.165, 1.54) is 18.2 Å². The maximum Gasteiger partial charge on any atom is 0.525 e. The summed E-state index contributed by atoms with van der Waals surface area (Å²) in [5, 5.41) is 0. The summed E-state index contributed by atoms with van der Waals surface area (Å²) in [6, 6.07) is 5.92. The van der Waals surface area contributed by atoms with Crippen molar-refractivity contribution in [3.05, 3.63) is 30.3 Å². The third-order valence-electron chi connectivity index (χ3n) is 1.52. The van der Waals surface area contributed by atoms with Gasteiger partial charge in [0.05, 0.1) is 4.90 Å². The van der Waals surface area contributed by atoms with Crippen LogP contribution in [0.4, 0.5) is 13.2 Å². The van der Waals surface area contributed by atoms with Crippen molar-refractivity contribution in [3.63, 3.8) is 0 Å². The Kier molecular flexibility index (Phi) is 4.00. The smallest absolute Gasteiger partial charge is 0.192 e. The van der Waals surface area contributed by atoms with E-state index in [9.17, 15) is 30.0 Å². The van der Waals surface area contributed by atoms with Gasteiger partial charge in [-0.15, -0.1) is 0 Å². The zero-order chi connectivity index (χ0) is 14.0. The van der Waals surface area contributed by atoms with Gasteiger partial charge in [0.2, 0.25) is 0 Å². The predicted molar refractivity (Wildman–Crippen MR) is 50.8 cm³/mol. The summed E-state index contributed by atoms with van der Waals surface area (Å²) in [5.41, 5.74) is -5.78. The van der Waals surface area contributed by atoms with E-state index in [0.29, 0.717) is 0 Å². The molecule has 0 fully saturated rings. The van der Waals surface area contributed by atoms with Crippen LogP contribution in [-0.2, 0) is 28.9 Å². The first-order valence-corrected chi connectivity index (χ1v) is 6.87. The molecular weight excluding hydrogens is 301 g/mol. The summed E-state index contributed by atoms with van der Waals surface area (Å²) in [7, 11) is -10.9. The monoisotopic (exact) mass is 306 g/mol. The molecule has 0 saturated heterocycles. The Morgan fingerprint density at radius 2 is 1.39 bits per heavy atom. The van der Waals surface area contributed by atoms with Crippen molar-refractivity contribution in [2.24, 2.45) is 0 Å². The van der Waals surface area contributed by atoms with Crippen molar-refractivity contribution >= 4 is 20.2 Å². The maximum atomic E-state index is 11.8. The molecule has 0 N–H and O–H groups in total. The summed E-state index contributed by atoms with van der Waals surface area (Å²) in [6.45, 7) is 0. The lowest BCUT2D eigenvalue weighted by molar-refractivity contribution is -0.124. The molecule has 0 heterocycles. The van der Waals surface area contributed by atoms with Crippen LogP contribution in [0.1, 0.15) is 0 Å². The van der Waals surface area contributed by atoms with Gasteiger partial charge in [-0.05, 0) is 12.1 Å². The highest BCUT2D eigenvalue weighted by atomic mass is 32.2. The van der Waals surface area contributed by atoms with Crippen molar-refractivity contribution in [1.29, 1.82) is 0 Å². The second kappa shape index (κ2) is 4.84. The molecular formula is C7H5F3O6S2. The molecule has 6 nitrogen and oxygen atoms in total. The highest BCUT2D eigenvalue weighted by Gasteiger charge is 2.49. The zero-order valence-electron chi connectivity index (χ0n) is 8.29. The largest absolute Gasteiger partial charge is 0.525 e. The van der Waals surface area contributed by atoms with Crippen molar-refractivity contribution in [2.75, 3.05) is 0 Å². The third kappa shape index (κ3) is 3.41. The minimum atomic E-state index is -6.14. The van der Waals surface area contributed by atoms with Crippen molar-refractivity contribution in [3.8, 4) is 0 Å². The van der Waals surface area contributed by atoms with Crippen LogP contribution in [-0.4, -0.2) is 22.3 Å². The molecule has 0 spiro atoms. The molecule has 0 saturated carbocycles. The molecule has 0 unspecified atom stereocenters. The van der Waals surface area contributed by atoms with Gasteiger partial charge in [0.15, 0.2) is 0 Å². The van der Waals surface area contributed by atoms with E-state index >= 15 is 0 Å². The van der Waals surface area contributed by atoms with Gasteiger partial charge < -0.3 is 0 Å². The number of hydrogen-bond donors (Lipinski definition) is 0. The van der Waals surface area contributed by atoms with Gasteiger partial charge in [-0.2, -0.15) is 30.0 Å². The molecule has 0 radical (unpaired) electrons. The molecule has 1 aromatic rings. The normalized spacial score (nSPS) is 13.5. The summed E-state index contributed by atoms with van der Waals surface area (Å²) >= 11 is 0. The summed E-state index contributed by atoms with van der Waals surface area (Å²) in [5.74, 6) is 0. The quantitative estimate of drug-likeness (QED) is 0.471. The topological polar surface area (TPSA) is 86.7 Å². The number of halogens is 3. The standard InChI is InChI=1S/C7H5F3O6S2/c8-7(9,10)18(13,14)16-15-17(11,12)6-4-2-1-3-5-6/h1-5H. The molecule has 0 aliphatic heterocycles. The van der Waals surface area contributed by atoms with Gasteiger partial charge >= 0.3 is 25.7 Å². The molecule has 102 valence electrons. The lowest BCUT2D eigenvalue weighted by Crippen LogP contribution is -2.26. The van der Waals surface area contributed by atoms with E-state index in [1.807, 2.05) is 0 Å². The van der Waals surface area contributed by atoms with Crippen LogP contribution in [0.25, 0.3) is 0 Å². The minimum absolute atomic E-state index is 0.553. The SMILES string of the molecule is O=S(=O)(OOS(=O)(=O)C(F)(F)F)c1ccccc1. The summed E-state index contributed by atoms with van der Waals surface area (Å²) < 4.78 is 85.1. The molecule has 1 aromatic carbocycles. The van der Waals surface area contributed by atoms with Gasteiger partial charge in [0.1, 0.15) is 0 Å². The predicted octanol–water partition coefficient (Wildman–Crippen LogP) is 1.17. The number of hydrogen-bond acceptors (Lipinski definition) is 6. The first kappa shape index (κ1) is 14.9. The Balaban J connectivity index is 2.89. The van der Waals surface area contributed by atoms with Crippen LogP contribution in [0.2, 0.25) is 0 Å². The highest BCUT2D eigenvalue weighted by Crippen LogP contribution is 2.26. The number of alkyl halides is 3. The van der Waals surface area contributed by atoms with Crippen molar-refractivity contribution < 1.29 is 38.7 Å². The maximum absolute atomic E-state index is 11.8. The highest BCUT2D eigenvalue weighted by molar-refractivity contribution is 7.89. The van der Waals surface area contributed by atoms with Gasteiger partial charge in [0, 0.05) is 0 Å². The molecule has 0 amide bonds. The van der Waals surface area contributed by atoms with Crippen LogP contribution < -0.4 is 0 Å². The first-order valence-electron chi connectivity index (χ1n) is 4.05. The molecule has 0 aliphatic rings. The van der Waals surface area contributed by atoms with Crippen LogP contribution >= 0.6 is 0 Å². The fourth-order valence-corrected chi connectivity index (χ4v) is 1.97. The average molecular weight is 306 g/mol. The molecule has 0 atom stereocenters. The second-order valence-electron chi connectivity index (χ2n) is 2.80. The number of benzene rings is 1. The average Bonchev–Trinajstić information content (AvgIpc) is 2.26. The Bertz CT molecular complexity index is 604. The van der Waals surface area contributed by atoms with E-state index < -0.39 is 30.6 Å². The van der Waals surface area contributed by atoms with Gasteiger partial charge in [-0.1, -0.05) is 26.9 Å². The second-order valence-corrected chi connectivity index (χ2v) is 5.83. The van der Waals surface area contributed by atoms with Crippen LogP contribution in [0.5, 0.6) is 0 Å². The molecule has 0 aromatic heterocycles. The van der Waals surface area contributed by atoms with Crippen molar-refractivity contribution in [1.82, 2.24) is 0 Å². The molecule has 1 rings (SSSR count). The minimum Gasteiger partial charge on any atom is -0.192 e. The summed E-state index contributed by atoms with van der Waals surface area (Å²) in [6.07, 6.45) is 0. The Morgan fingerprint density at radius 1 is 0.889 bits per heavy atom.